The van der Waals surface area contributed by atoms with Crippen LogP contribution in [0.2, 0.25) is 0 Å². The van der Waals surface area contributed by atoms with E-state index in [-0.39, 0.29) is 12.4 Å². The highest BCUT2D eigenvalue weighted by Gasteiger charge is 2.46. The van der Waals surface area contributed by atoms with Crippen LogP contribution in [0.3, 0.4) is 0 Å². The maximum atomic E-state index is 12.5. The molecule has 6 N–H and O–H groups in total. The molecule has 18 heteroatoms. The average Bonchev–Trinajstić information content (AvgIpc) is 3.34. The van der Waals surface area contributed by atoms with E-state index in [0.717, 1.165) is 23.2 Å². The number of aliphatic hydroxyl groups excluding tert-OH is 2. The second-order valence-corrected chi connectivity index (χ2v) is 16.8. The maximum Gasteiger partial charge on any atom is 0.481 e. The molecule has 0 aliphatic carbocycles. The minimum atomic E-state index is -5.21. The number of nitrogens with two attached hydrogens (primary N) is 1. The number of rotatable bonds is 30. The van der Waals surface area contributed by atoms with Crippen molar-refractivity contribution in [3.05, 3.63) is 22.7 Å². The summed E-state index contributed by atoms with van der Waals surface area (Å²) < 4.78 is 50.9. The fourth-order valence-electron chi connectivity index (χ4n) is 5.59. The van der Waals surface area contributed by atoms with Gasteiger partial charge in [-0.3, -0.25) is 13.6 Å². The molecule has 0 amide bonds. The van der Waals surface area contributed by atoms with E-state index in [9.17, 15) is 33.9 Å². The molecule has 2 rings (SSSR count). The molecular formula is C32H61N3O12P2S. The molecule has 0 saturated carbocycles. The number of ether oxygens (including phenoxy) is 2. The molecule has 1 aliphatic heterocycles. The smallest absolute Gasteiger partial charge is 0.387 e. The fourth-order valence-corrected chi connectivity index (χ4v) is 8.73. The predicted octanol–water partition coefficient (Wildman–Crippen LogP) is 6.10. The van der Waals surface area contributed by atoms with Crippen LogP contribution in [-0.2, 0) is 32.0 Å². The third kappa shape index (κ3) is 18.8. The van der Waals surface area contributed by atoms with Crippen molar-refractivity contribution < 1.29 is 52.0 Å². The number of phosphoric ester groups is 2. The molecule has 1 saturated heterocycles. The van der Waals surface area contributed by atoms with Crippen molar-refractivity contribution in [3.63, 3.8) is 0 Å². The maximum absolute atomic E-state index is 12.5. The predicted molar refractivity (Wildman–Crippen MR) is 194 cm³/mol. The third-order valence-electron chi connectivity index (χ3n) is 8.34. The molecule has 1 aromatic heterocycles. The van der Waals surface area contributed by atoms with Gasteiger partial charge >= 0.3 is 21.3 Å². The van der Waals surface area contributed by atoms with Crippen LogP contribution in [0.1, 0.15) is 123 Å². The van der Waals surface area contributed by atoms with Gasteiger partial charge in [-0.2, -0.15) is 21.1 Å². The Kier molecular flexibility index (Phi) is 22.8. The van der Waals surface area contributed by atoms with Crippen LogP contribution in [0.4, 0.5) is 5.82 Å². The van der Waals surface area contributed by atoms with E-state index < -0.39 is 58.6 Å². The highest BCUT2D eigenvalue weighted by molar-refractivity contribution is 7.99. The number of nitrogen functional groups attached to an aromatic ring is 1. The Morgan fingerprint density at radius 3 is 1.96 bits per heavy atom. The van der Waals surface area contributed by atoms with Crippen LogP contribution in [0.25, 0.3) is 0 Å². The number of aliphatic hydroxyl groups is 2. The first-order valence-electron chi connectivity index (χ1n) is 18.1. The third-order valence-corrected chi connectivity index (χ3v) is 12.1. The SMILES string of the molecule is CCCCCCCCCCCCCCCCCCSCC(COP(=O)(O)OP(=O)(O)OC[C@H]1OC(n2ccc(N)nc2=O)[C@@H](O)[C@@H]1O)OCC. The van der Waals surface area contributed by atoms with Gasteiger partial charge in [0.05, 0.1) is 19.3 Å². The van der Waals surface area contributed by atoms with Crippen molar-refractivity contribution in [2.45, 2.75) is 147 Å². The largest absolute Gasteiger partial charge is 0.481 e. The number of anilines is 1. The van der Waals surface area contributed by atoms with Crippen molar-refractivity contribution in [1.82, 2.24) is 9.55 Å². The molecule has 1 aliphatic rings. The van der Waals surface area contributed by atoms with Crippen molar-refractivity contribution >= 4 is 33.2 Å². The molecule has 0 radical (unpaired) electrons. The number of aromatic nitrogens is 2. The normalized spacial score (nSPS) is 22.4. The molecule has 7 atom stereocenters. The first kappa shape index (κ1) is 45.3. The van der Waals surface area contributed by atoms with Crippen LogP contribution < -0.4 is 11.4 Å². The minimum absolute atomic E-state index is 0.0647. The number of unbranched alkanes of at least 4 members (excludes halogenated alkanes) is 15. The summed E-state index contributed by atoms with van der Waals surface area (Å²) in [5.41, 5.74) is 4.60. The Hall–Kier alpha value is -0.870. The minimum Gasteiger partial charge on any atom is -0.387 e. The van der Waals surface area contributed by atoms with Crippen LogP contribution >= 0.6 is 27.4 Å². The lowest BCUT2D eigenvalue weighted by Crippen LogP contribution is -2.36. The van der Waals surface area contributed by atoms with Gasteiger partial charge in [-0.1, -0.05) is 103 Å². The molecule has 2 heterocycles. The van der Waals surface area contributed by atoms with Gasteiger partial charge < -0.3 is 35.2 Å². The second-order valence-electron chi connectivity index (χ2n) is 12.7. The summed E-state index contributed by atoms with van der Waals surface area (Å²) >= 11 is 1.64. The number of nitrogens with zero attached hydrogens (tertiary/aromatic N) is 2. The van der Waals surface area contributed by atoms with E-state index in [2.05, 4.69) is 16.2 Å². The summed E-state index contributed by atoms with van der Waals surface area (Å²) in [6.45, 7) is 3.17. The molecular weight excluding hydrogens is 712 g/mol. The first-order valence-corrected chi connectivity index (χ1v) is 22.2. The lowest BCUT2D eigenvalue weighted by Gasteiger charge is -2.21. The summed E-state index contributed by atoms with van der Waals surface area (Å²) in [5, 5.41) is 20.6. The monoisotopic (exact) mass is 773 g/mol. The molecule has 15 nitrogen and oxygen atoms in total. The van der Waals surface area contributed by atoms with Gasteiger partial charge in [-0.25, -0.2) is 13.9 Å². The molecule has 1 aromatic rings. The molecule has 0 bridgehead atoms. The van der Waals surface area contributed by atoms with Gasteiger partial charge in [0.1, 0.15) is 24.1 Å². The van der Waals surface area contributed by atoms with E-state index in [1.54, 1.807) is 18.7 Å². The zero-order chi connectivity index (χ0) is 36.8. The molecule has 292 valence electrons. The summed E-state index contributed by atoms with van der Waals surface area (Å²) in [5.74, 6) is 1.33. The number of phosphoric acid groups is 2. The fraction of sp³-hybridized carbons (Fsp3) is 0.875. The topological polar surface area (TPSA) is 222 Å². The van der Waals surface area contributed by atoms with E-state index in [1.807, 2.05) is 0 Å². The highest BCUT2D eigenvalue weighted by atomic mass is 32.2. The molecule has 0 aromatic carbocycles. The van der Waals surface area contributed by atoms with Crippen molar-refractivity contribution in [3.8, 4) is 0 Å². The van der Waals surface area contributed by atoms with Crippen molar-refractivity contribution in [2.24, 2.45) is 0 Å². The zero-order valence-electron chi connectivity index (χ0n) is 29.7. The van der Waals surface area contributed by atoms with Crippen molar-refractivity contribution in [1.29, 1.82) is 0 Å². The summed E-state index contributed by atoms with van der Waals surface area (Å²) in [6.07, 6.45) is 15.5. The van der Waals surface area contributed by atoms with Crippen LogP contribution in [0, 0.1) is 0 Å². The highest BCUT2D eigenvalue weighted by Crippen LogP contribution is 2.60. The van der Waals surface area contributed by atoms with Gasteiger partial charge in [-0.05, 0) is 25.2 Å². The van der Waals surface area contributed by atoms with Gasteiger partial charge in [0.2, 0.25) is 0 Å². The van der Waals surface area contributed by atoms with E-state index in [0.29, 0.717) is 12.4 Å². The van der Waals surface area contributed by atoms with Crippen LogP contribution in [-0.4, -0.2) is 85.3 Å². The van der Waals surface area contributed by atoms with Gasteiger partial charge in [0, 0.05) is 18.6 Å². The molecule has 50 heavy (non-hydrogen) atoms. The van der Waals surface area contributed by atoms with Gasteiger partial charge in [0.25, 0.3) is 0 Å². The summed E-state index contributed by atoms with van der Waals surface area (Å²) in [6, 6.07) is 1.28. The number of hydrogen-bond donors (Lipinski definition) is 5. The lowest BCUT2D eigenvalue weighted by molar-refractivity contribution is -0.0543. The Balaban J connectivity index is 1.58. The summed E-state index contributed by atoms with van der Waals surface area (Å²) in [4.78, 5) is 35.7. The van der Waals surface area contributed by atoms with Crippen LogP contribution in [0.15, 0.2) is 17.1 Å². The number of hydrogen-bond acceptors (Lipinski definition) is 13. The standard InChI is InChI=1S/C32H61N3O12P2S/c1-3-5-6-7-8-9-10-11-12-13-14-15-16-17-18-19-22-50-25-26(43-4-2)23-44-48(39,40)47-49(41,42)45-24-27-29(36)30(37)31(46-27)35-21-20-28(33)34-32(35)38/h20-21,26-27,29-31,36-37H,3-19,22-25H2,1-2H3,(H,39,40)(H,41,42)(H2,33,34,38)/t26?,27-,29-,30+,31?/m1/s1. The summed E-state index contributed by atoms with van der Waals surface area (Å²) in [7, 11) is -10.3. The Morgan fingerprint density at radius 1 is 0.880 bits per heavy atom. The molecule has 1 fully saturated rings. The van der Waals surface area contributed by atoms with Crippen molar-refractivity contribution in [2.75, 3.05) is 37.1 Å². The van der Waals surface area contributed by atoms with E-state index in [4.69, 9.17) is 24.3 Å². The second kappa shape index (κ2) is 25.2. The van der Waals surface area contributed by atoms with Gasteiger partial charge in [0.15, 0.2) is 6.23 Å². The Morgan fingerprint density at radius 2 is 1.42 bits per heavy atom. The molecule has 0 spiro atoms. The van der Waals surface area contributed by atoms with E-state index in [1.165, 1.54) is 102 Å². The lowest BCUT2D eigenvalue weighted by atomic mass is 10.0. The Bertz CT molecular complexity index is 1220. The molecule has 4 unspecified atom stereocenters. The quantitative estimate of drug-likeness (QED) is 0.0441. The zero-order valence-corrected chi connectivity index (χ0v) is 32.3. The number of thioether (sulfide) groups is 1. The van der Waals surface area contributed by atoms with Gasteiger partial charge in [-0.15, -0.1) is 0 Å². The first-order chi connectivity index (χ1) is 23.9. The van der Waals surface area contributed by atoms with E-state index >= 15 is 0 Å². The Labute approximate surface area is 301 Å². The van der Waals surface area contributed by atoms with Crippen LogP contribution in [0.5, 0.6) is 0 Å². The average molecular weight is 774 g/mol.